The number of benzene rings is 1. The lowest BCUT2D eigenvalue weighted by Gasteiger charge is -2.44. The fourth-order valence-corrected chi connectivity index (χ4v) is 5.38. The normalized spacial score (nSPS) is 21.2. The molecule has 2 N–H and O–H groups in total. The van der Waals surface area contributed by atoms with Gasteiger partial charge in [-0.25, -0.2) is 14.3 Å². The number of nitrogens with one attached hydrogen (secondary N) is 2. The Labute approximate surface area is 206 Å². The van der Waals surface area contributed by atoms with Crippen LogP contribution in [0.3, 0.4) is 0 Å². The average Bonchev–Trinajstić information content (AvgIpc) is 3.50. The van der Waals surface area contributed by atoms with Crippen LogP contribution in [0.4, 0.5) is 0 Å². The summed E-state index contributed by atoms with van der Waals surface area (Å²) in [7, 11) is 1.63. The number of carbonyl (C=O) groups is 2. The third-order valence-corrected chi connectivity index (χ3v) is 7.45. The first kappa shape index (κ1) is 22.5. The molecular weight excluding hydrogens is 462 g/mol. The van der Waals surface area contributed by atoms with Crippen LogP contribution in [-0.4, -0.2) is 62.1 Å². The summed E-state index contributed by atoms with van der Waals surface area (Å²) in [4.78, 5) is 44.7. The van der Waals surface area contributed by atoms with Gasteiger partial charge in [0.25, 0.3) is 11.8 Å². The molecule has 3 aliphatic rings. The Bertz CT molecular complexity index is 1530. The Balaban J connectivity index is 1.17. The number of carbonyl (C=O) groups excluding carboxylic acids is 2. The number of nitrogens with zero attached hydrogens (tertiary/aromatic N) is 5. The SMILES string of the molecule is Cn1c(=O)oc2ccc(CNC(=O)c3cc(C(=O)NC[C@@H]4CN5CCC4CC5)n4nccc4n3)cc21. The van der Waals surface area contributed by atoms with Gasteiger partial charge in [0.05, 0.1) is 11.7 Å². The summed E-state index contributed by atoms with van der Waals surface area (Å²) in [5.74, 6) is -0.0261. The molecular formula is C25H27N7O4. The molecule has 2 bridgehead atoms. The van der Waals surface area contributed by atoms with Crippen LogP contribution in [0.2, 0.25) is 0 Å². The molecule has 3 saturated heterocycles. The summed E-state index contributed by atoms with van der Waals surface area (Å²) in [5, 5.41) is 10.1. The number of oxazole rings is 1. The van der Waals surface area contributed by atoms with Gasteiger partial charge < -0.3 is 20.0 Å². The van der Waals surface area contributed by atoms with Crippen LogP contribution < -0.4 is 16.4 Å². The first-order valence-electron chi connectivity index (χ1n) is 12.2. The fourth-order valence-electron chi connectivity index (χ4n) is 5.38. The van der Waals surface area contributed by atoms with E-state index in [2.05, 4.69) is 25.6 Å². The second-order valence-corrected chi connectivity index (χ2v) is 9.65. The van der Waals surface area contributed by atoms with E-state index < -0.39 is 11.7 Å². The molecule has 186 valence electrons. The highest BCUT2D eigenvalue weighted by Gasteiger charge is 2.34. The summed E-state index contributed by atoms with van der Waals surface area (Å²) in [6, 6.07) is 8.42. The first-order chi connectivity index (χ1) is 17.5. The van der Waals surface area contributed by atoms with Crippen LogP contribution in [0, 0.1) is 11.8 Å². The van der Waals surface area contributed by atoms with Gasteiger partial charge in [0.1, 0.15) is 11.4 Å². The van der Waals surface area contributed by atoms with Crippen molar-refractivity contribution in [3.05, 3.63) is 64.0 Å². The molecule has 0 unspecified atom stereocenters. The highest BCUT2D eigenvalue weighted by atomic mass is 16.4. The van der Waals surface area contributed by atoms with Crippen molar-refractivity contribution in [1.82, 2.24) is 34.7 Å². The van der Waals surface area contributed by atoms with E-state index in [0.29, 0.717) is 35.1 Å². The summed E-state index contributed by atoms with van der Waals surface area (Å²) >= 11 is 0. The number of rotatable bonds is 6. The molecule has 3 aromatic heterocycles. The summed E-state index contributed by atoms with van der Waals surface area (Å²) in [6.45, 7) is 4.15. The molecule has 11 heteroatoms. The molecule has 11 nitrogen and oxygen atoms in total. The lowest BCUT2D eigenvalue weighted by atomic mass is 9.79. The van der Waals surface area contributed by atoms with Gasteiger partial charge in [-0.1, -0.05) is 6.07 Å². The molecule has 0 aliphatic carbocycles. The molecule has 4 aromatic rings. The monoisotopic (exact) mass is 489 g/mol. The third-order valence-electron chi connectivity index (χ3n) is 7.45. The Kier molecular flexibility index (Phi) is 5.56. The predicted octanol–water partition coefficient (Wildman–Crippen LogP) is 1.18. The number of piperidine rings is 3. The molecule has 2 amide bonds. The van der Waals surface area contributed by atoms with Crippen molar-refractivity contribution in [1.29, 1.82) is 0 Å². The van der Waals surface area contributed by atoms with Crippen molar-refractivity contribution in [3.8, 4) is 0 Å². The standard InChI is InChI=1S/C25H27N7O4/c1-30-19-10-15(2-3-21(19)36-25(30)35)12-26-23(33)18-11-20(32-22(29-18)4-7-28-32)24(34)27-13-17-14-31-8-5-16(17)6-9-31/h2-4,7,10-11,16-17H,5-6,8-9,12-14H2,1H3,(H,26,33)(H,27,34)/t17-/m1/s1. The molecule has 3 aliphatic heterocycles. The van der Waals surface area contributed by atoms with Gasteiger partial charge in [0, 0.05) is 38.8 Å². The number of aryl methyl sites for hydroxylation is 1. The number of fused-ring (bicyclic) bond motifs is 5. The van der Waals surface area contributed by atoms with E-state index in [0.717, 1.165) is 25.2 Å². The number of aromatic nitrogens is 4. The summed E-state index contributed by atoms with van der Waals surface area (Å²) in [6.07, 6.45) is 3.93. The smallest absolute Gasteiger partial charge is 0.408 e. The maximum Gasteiger partial charge on any atom is 0.419 e. The van der Waals surface area contributed by atoms with Crippen LogP contribution in [-0.2, 0) is 13.6 Å². The first-order valence-corrected chi connectivity index (χ1v) is 12.2. The Morgan fingerprint density at radius 1 is 1.11 bits per heavy atom. The second-order valence-electron chi connectivity index (χ2n) is 9.65. The minimum Gasteiger partial charge on any atom is -0.408 e. The molecule has 1 atom stereocenters. The van der Waals surface area contributed by atoms with Crippen molar-refractivity contribution in [3.63, 3.8) is 0 Å². The number of hydrogen-bond donors (Lipinski definition) is 2. The fraction of sp³-hybridized carbons (Fsp3) is 0.400. The Hall–Kier alpha value is -3.99. The van der Waals surface area contributed by atoms with E-state index in [4.69, 9.17) is 4.42 Å². The zero-order valence-electron chi connectivity index (χ0n) is 19.9. The molecule has 0 spiro atoms. The van der Waals surface area contributed by atoms with Crippen molar-refractivity contribution in [2.24, 2.45) is 18.9 Å². The lowest BCUT2D eigenvalue weighted by molar-refractivity contribution is 0.0495. The second kappa shape index (κ2) is 8.90. The van der Waals surface area contributed by atoms with Crippen LogP contribution in [0.25, 0.3) is 16.7 Å². The minimum atomic E-state index is -0.441. The molecule has 1 aromatic carbocycles. The maximum atomic E-state index is 13.1. The Morgan fingerprint density at radius 3 is 2.72 bits per heavy atom. The Morgan fingerprint density at radius 2 is 1.94 bits per heavy atom. The summed E-state index contributed by atoms with van der Waals surface area (Å²) < 4.78 is 8.02. The van der Waals surface area contributed by atoms with Gasteiger partial charge in [-0.05, 0) is 55.5 Å². The molecule has 6 heterocycles. The largest absolute Gasteiger partial charge is 0.419 e. The van der Waals surface area contributed by atoms with E-state index in [1.807, 2.05) is 0 Å². The van der Waals surface area contributed by atoms with E-state index in [9.17, 15) is 14.4 Å². The van der Waals surface area contributed by atoms with Gasteiger partial charge >= 0.3 is 5.76 Å². The zero-order valence-corrected chi connectivity index (χ0v) is 19.9. The third kappa shape index (κ3) is 4.05. The van der Waals surface area contributed by atoms with Crippen LogP contribution in [0.1, 0.15) is 39.4 Å². The number of amides is 2. The summed E-state index contributed by atoms with van der Waals surface area (Å²) in [5.41, 5.74) is 2.75. The van der Waals surface area contributed by atoms with Gasteiger partial charge in [-0.15, -0.1) is 0 Å². The molecule has 7 rings (SSSR count). The average molecular weight is 490 g/mol. The van der Waals surface area contributed by atoms with Gasteiger partial charge in [0.2, 0.25) is 0 Å². The van der Waals surface area contributed by atoms with Crippen molar-refractivity contribution in [2.75, 3.05) is 26.2 Å². The molecule has 0 saturated carbocycles. The van der Waals surface area contributed by atoms with Gasteiger partial charge in [0.15, 0.2) is 11.2 Å². The minimum absolute atomic E-state index is 0.132. The van der Waals surface area contributed by atoms with Crippen molar-refractivity contribution < 1.29 is 14.0 Å². The van der Waals surface area contributed by atoms with E-state index >= 15 is 0 Å². The topological polar surface area (TPSA) is 127 Å². The molecule has 0 radical (unpaired) electrons. The van der Waals surface area contributed by atoms with E-state index in [1.165, 1.54) is 28.0 Å². The molecule has 36 heavy (non-hydrogen) atoms. The van der Waals surface area contributed by atoms with Crippen LogP contribution in [0.15, 0.2) is 45.7 Å². The zero-order chi connectivity index (χ0) is 24.8. The quantitative estimate of drug-likeness (QED) is 0.416. The highest BCUT2D eigenvalue weighted by Crippen LogP contribution is 2.31. The van der Waals surface area contributed by atoms with Crippen LogP contribution in [0.5, 0.6) is 0 Å². The molecule has 3 fully saturated rings. The van der Waals surface area contributed by atoms with Gasteiger partial charge in [-0.2, -0.15) is 5.10 Å². The number of hydrogen-bond acceptors (Lipinski definition) is 7. The van der Waals surface area contributed by atoms with Gasteiger partial charge in [-0.3, -0.25) is 14.2 Å². The lowest BCUT2D eigenvalue weighted by Crippen LogP contribution is -2.50. The van der Waals surface area contributed by atoms with E-state index in [1.54, 1.807) is 37.5 Å². The maximum absolute atomic E-state index is 13.1. The van der Waals surface area contributed by atoms with E-state index in [-0.39, 0.29) is 23.8 Å². The van der Waals surface area contributed by atoms with Crippen molar-refractivity contribution in [2.45, 2.75) is 19.4 Å². The highest BCUT2D eigenvalue weighted by molar-refractivity contribution is 5.98. The predicted molar refractivity (Wildman–Crippen MR) is 131 cm³/mol. The van der Waals surface area contributed by atoms with Crippen molar-refractivity contribution >= 4 is 28.6 Å². The van der Waals surface area contributed by atoms with Crippen LogP contribution >= 0.6 is 0 Å².